The first-order chi connectivity index (χ1) is 14.8. The van der Waals surface area contributed by atoms with Crippen LogP contribution in [0.5, 0.6) is 5.88 Å². The number of fused-ring (bicyclic) bond motifs is 2. The summed E-state index contributed by atoms with van der Waals surface area (Å²) in [5.41, 5.74) is 2.96. The van der Waals surface area contributed by atoms with E-state index in [2.05, 4.69) is 21.2 Å². The molecule has 2 aromatic heterocycles. The zero-order valence-electron chi connectivity index (χ0n) is 17.1. The lowest BCUT2D eigenvalue weighted by Crippen LogP contribution is -2.40. The van der Waals surface area contributed by atoms with Crippen molar-refractivity contribution >= 4 is 16.7 Å². The van der Waals surface area contributed by atoms with E-state index in [9.17, 15) is 4.79 Å². The third kappa shape index (κ3) is 3.86. The van der Waals surface area contributed by atoms with Crippen molar-refractivity contribution in [2.75, 3.05) is 19.7 Å². The van der Waals surface area contributed by atoms with Gasteiger partial charge in [-0.15, -0.1) is 5.10 Å². The molecule has 2 aliphatic rings. The summed E-state index contributed by atoms with van der Waals surface area (Å²) in [6.07, 6.45) is 8.09. The molecule has 1 aliphatic carbocycles. The second-order valence-corrected chi connectivity index (χ2v) is 8.29. The van der Waals surface area contributed by atoms with Crippen molar-refractivity contribution < 1.29 is 9.53 Å². The summed E-state index contributed by atoms with van der Waals surface area (Å²) in [4.78, 5) is 19.4. The largest absolute Gasteiger partial charge is 0.476 e. The molecular formula is C24H26N4O2. The third-order valence-corrected chi connectivity index (χ3v) is 6.29. The van der Waals surface area contributed by atoms with E-state index in [-0.39, 0.29) is 5.91 Å². The molecule has 5 rings (SSSR count). The van der Waals surface area contributed by atoms with E-state index < -0.39 is 0 Å². The number of hydrogen-bond acceptors (Lipinski definition) is 5. The average Bonchev–Trinajstić information content (AvgIpc) is 2.82. The SMILES string of the molecule is O=C(c1nccc2ccccc12)N1CCC(COc2cc3c(nn2)CCCC3)CC1. The van der Waals surface area contributed by atoms with Crippen molar-refractivity contribution in [2.24, 2.45) is 5.92 Å². The quantitative estimate of drug-likeness (QED) is 0.663. The predicted molar refractivity (Wildman–Crippen MR) is 115 cm³/mol. The molecular weight excluding hydrogens is 376 g/mol. The predicted octanol–water partition coefficient (Wildman–Crippen LogP) is 3.83. The molecule has 0 saturated carbocycles. The molecule has 1 saturated heterocycles. The fourth-order valence-corrected chi connectivity index (χ4v) is 4.49. The van der Waals surface area contributed by atoms with Crippen LogP contribution in [0.2, 0.25) is 0 Å². The fraction of sp³-hybridized carbons (Fsp3) is 0.417. The zero-order valence-corrected chi connectivity index (χ0v) is 17.1. The summed E-state index contributed by atoms with van der Waals surface area (Å²) in [5.74, 6) is 1.08. The Balaban J connectivity index is 1.18. The van der Waals surface area contributed by atoms with Gasteiger partial charge in [0.25, 0.3) is 5.91 Å². The van der Waals surface area contributed by atoms with Crippen LogP contribution in [-0.4, -0.2) is 45.7 Å². The molecule has 30 heavy (non-hydrogen) atoms. The van der Waals surface area contributed by atoms with Gasteiger partial charge < -0.3 is 9.64 Å². The van der Waals surface area contributed by atoms with Crippen LogP contribution >= 0.6 is 0 Å². The number of carbonyl (C=O) groups is 1. The molecule has 0 radical (unpaired) electrons. The van der Waals surface area contributed by atoms with Crippen LogP contribution in [0.3, 0.4) is 0 Å². The topological polar surface area (TPSA) is 68.2 Å². The Morgan fingerprint density at radius 1 is 1.07 bits per heavy atom. The van der Waals surface area contributed by atoms with E-state index in [0.717, 1.165) is 55.2 Å². The van der Waals surface area contributed by atoms with Crippen LogP contribution in [0.1, 0.15) is 47.4 Å². The number of carbonyl (C=O) groups excluding carboxylic acids is 1. The maximum Gasteiger partial charge on any atom is 0.273 e. The molecule has 0 N–H and O–H groups in total. The summed E-state index contributed by atoms with van der Waals surface area (Å²) in [7, 11) is 0. The Kier molecular flexibility index (Phi) is 5.30. The second kappa shape index (κ2) is 8.38. The molecule has 0 unspecified atom stereocenters. The highest BCUT2D eigenvalue weighted by atomic mass is 16.5. The first kappa shape index (κ1) is 19.0. The van der Waals surface area contributed by atoms with E-state index >= 15 is 0 Å². The third-order valence-electron chi connectivity index (χ3n) is 6.29. The highest BCUT2D eigenvalue weighted by molar-refractivity contribution is 6.05. The van der Waals surface area contributed by atoms with Gasteiger partial charge in [-0.1, -0.05) is 24.3 Å². The zero-order chi connectivity index (χ0) is 20.3. The molecule has 1 amide bonds. The number of aryl methyl sites for hydroxylation is 2. The fourth-order valence-electron chi connectivity index (χ4n) is 4.49. The normalized spacial score (nSPS) is 17.0. The van der Waals surface area contributed by atoms with Gasteiger partial charge in [0, 0.05) is 30.7 Å². The minimum absolute atomic E-state index is 0.0201. The Morgan fingerprint density at radius 3 is 2.80 bits per heavy atom. The van der Waals surface area contributed by atoms with Crippen molar-refractivity contribution in [3.05, 3.63) is 59.5 Å². The molecule has 1 aromatic carbocycles. The molecule has 6 heteroatoms. The summed E-state index contributed by atoms with van der Waals surface area (Å²) in [6, 6.07) is 11.9. The van der Waals surface area contributed by atoms with E-state index in [1.54, 1.807) is 6.20 Å². The highest BCUT2D eigenvalue weighted by Crippen LogP contribution is 2.24. The van der Waals surface area contributed by atoms with Crippen LogP contribution in [0.15, 0.2) is 42.6 Å². The van der Waals surface area contributed by atoms with Gasteiger partial charge >= 0.3 is 0 Å². The van der Waals surface area contributed by atoms with Crippen molar-refractivity contribution in [1.29, 1.82) is 0 Å². The minimum Gasteiger partial charge on any atom is -0.476 e. The van der Waals surface area contributed by atoms with Gasteiger partial charge in [-0.2, -0.15) is 5.10 Å². The van der Waals surface area contributed by atoms with E-state index in [4.69, 9.17) is 4.74 Å². The van der Waals surface area contributed by atoms with Crippen LogP contribution in [0, 0.1) is 5.92 Å². The van der Waals surface area contributed by atoms with Crippen LogP contribution in [0.25, 0.3) is 10.8 Å². The van der Waals surface area contributed by atoms with Crippen molar-refractivity contribution in [2.45, 2.75) is 38.5 Å². The van der Waals surface area contributed by atoms with Crippen LogP contribution in [0.4, 0.5) is 0 Å². The Hall–Kier alpha value is -3.02. The number of amides is 1. The first-order valence-corrected chi connectivity index (χ1v) is 10.9. The monoisotopic (exact) mass is 402 g/mol. The van der Waals surface area contributed by atoms with Gasteiger partial charge in [-0.05, 0) is 61.5 Å². The number of likely N-dealkylation sites (tertiary alicyclic amines) is 1. The molecule has 1 fully saturated rings. The number of ether oxygens (including phenoxy) is 1. The van der Waals surface area contributed by atoms with Gasteiger partial charge in [0.1, 0.15) is 5.69 Å². The number of benzene rings is 1. The maximum atomic E-state index is 13.1. The average molecular weight is 402 g/mol. The Morgan fingerprint density at radius 2 is 1.90 bits per heavy atom. The standard InChI is InChI=1S/C24H26N4O2/c29-24(23-20-7-3-1-5-18(20)9-12-25-23)28-13-10-17(11-14-28)16-30-22-15-19-6-2-4-8-21(19)26-27-22/h1,3,5,7,9,12,15,17H,2,4,6,8,10-11,13-14,16H2. The number of aromatic nitrogens is 3. The lowest BCUT2D eigenvalue weighted by atomic mass is 9.96. The molecule has 0 atom stereocenters. The number of nitrogens with zero attached hydrogens (tertiary/aromatic N) is 4. The molecule has 3 aromatic rings. The van der Waals surface area contributed by atoms with Gasteiger partial charge in [0.15, 0.2) is 0 Å². The second-order valence-electron chi connectivity index (χ2n) is 8.29. The van der Waals surface area contributed by atoms with E-state index in [1.807, 2.05) is 35.2 Å². The number of hydrogen-bond donors (Lipinski definition) is 0. The van der Waals surface area contributed by atoms with Gasteiger partial charge in [0.05, 0.1) is 12.3 Å². The van der Waals surface area contributed by atoms with Gasteiger partial charge in [0.2, 0.25) is 5.88 Å². The summed E-state index contributed by atoms with van der Waals surface area (Å²) < 4.78 is 5.96. The van der Waals surface area contributed by atoms with Gasteiger partial charge in [-0.3, -0.25) is 9.78 Å². The van der Waals surface area contributed by atoms with Crippen LogP contribution in [-0.2, 0) is 12.8 Å². The minimum atomic E-state index is 0.0201. The number of rotatable bonds is 4. The van der Waals surface area contributed by atoms with E-state index in [0.29, 0.717) is 24.1 Å². The number of pyridine rings is 1. The summed E-state index contributed by atoms with van der Waals surface area (Å²) in [5, 5.41) is 10.5. The Labute approximate surface area is 176 Å². The highest BCUT2D eigenvalue weighted by Gasteiger charge is 2.26. The first-order valence-electron chi connectivity index (χ1n) is 10.9. The van der Waals surface area contributed by atoms with Gasteiger partial charge in [-0.25, -0.2) is 0 Å². The van der Waals surface area contributed by atoms with Crippen molar-refractivity contribution in [1.82, 2.24) is 20.1 Å². The molecule has 0 spiro atoms. The summed E-state index contributed by atoms with van der Waals surface area (Å²) in [6.45, 7) is 2.09. The molecule has 0 bridgehead atoms. The summed E-state index contributed by atoms with van der Waals surface area (Å²) >= 11 is 0. The molecule has 6 nitrogen and oxygen atoms in total. The lowest BCUT2D eigenvalue weighted by Gasteiger charge is -2.31. The molecule has 154 valence electrons. The Bertz CT molecular complexity index is 1050. The maximum absolute atomic E-state index is 13.1. The molecule has 1 aliphatic heterocycles. The number of piperidine rings is 1. The van der Waals surface area contributed by atoms with Crippen molar-refractivity contribution in [3.8, 4) is 5.88 Å². The van der Waals surface area contributed by atoms with Crippen LogP contribution < -0.4 is 4.74 Å². The van der Waals surface area contributed by atoms with Crippen molar-refractivity contribution in [3.63, 3.8) is 0 Å². The molecule has 3 heterocycles. The lowest BCUT2D eigenvalue weighted by molar-refractivity contribution is 0.0655. The van der Waals surface area contributed by atoms with E-state index in [1.165, 1.54) is 18.4 Å². The smallest absolute Gasteiger partial charge is 0.273 e.